The normalized spacial score (nSPS) is 11.5. The third kappa shape index (κ3) is 4.78. The van der Waals surface area contributed by atoms with Crippen LogP contribution in [0.5, 0.6) is 5.75 Å². The minimum Gasteiger partial charge on any atom is -0.497 e. The van der Waals surface area contributed by atoms with Crippen molar-refractivity contribution in [3.8, 4) is 11.4 Å². The van der Waals surface area contributed by atoms with E-state index in [4.69, 9.17) is 9.72 Å². The Hall–Kier alpha value is -2.12. The number of nitrogens with zero attached hydrogens (tertiary/aromatic N) is 3. The standard InChI is InChI=1S/C23H31BrN4O2/c1-5-7-17(8-6-2)25-13-14-27-21-20(24)15-16(3)26-22(21)28(23(27)29)18-9-11-19(30-4)12-10-18/h9-12,15,17,25H,5-8,13-14H2,1-4H3. The van der Waals surface area contributed by atoms with Gasteiger partial charge in [-0.25, -0.2) is 14.3 Å². The third-order valence-electron chi connectivity index (χ3n) is 5.33. The van der Waals surface area contributed by atoms with E-state index in [2.05, 4.69) is 35.1 Å². The summed E-state index contributed by atoms with van der Waals surface area (Å²) in [7, 11) is 1.63. The summed E-state index contributed by atoms with van der Waals surface area (Å²) in [5.74, 6) is 0.753. The smallest absolute Gasteiger partial charge is 0.335 e. The van der Waals surface area contributed by atoms with Gasteiger partial charge in [0.25, 0.3) is 0 Å². The predicted molar refractivity (Wildman–Crippen MR) is 126 cm³/mol. The molecule has 3 rings (SSSR count). The van der Waals surface area contributed by atoms with Crippen LogP contribution in [0, 0.1) is 6.92 Å². The Balaban J connectivity index is 2.00. The molecule has 6 nitrogen and oxygen atoms in total. The van der Waals surface area contributed by atoms with Crippen LogP contribution < -0.4 is 15.7 Å². The molecule has 162 valence electrons. The summed E-state index contributed by atoms with van der Waals surface area (Å²) in [5, 5.41) is 3.64. The zero-order valence-corrected chi connectivity index (χ0v) is 19.8. The maximum Gasteiger partial charge on any atom is 0.335 e. The molecule has 1 N–H and O–H groups in total. The minimum absolute atomic E-state index is 0.0849. The van der Waals surface area contributed by atoms with Gasteiger partial charge in [-0.2, -0.15) is 0 Å². The second kappa shape index (κ2) is 10.3. The second-order valence-electron chi connectivity index (χ2n) is 7.61. The molecule has 2 aromatic heterocycles. The van der Waals surface area contributed by atoms with Gasteiger partial charge in [0.1, 0.15) is 11.3 Å². The number of aromatic nitrogens is 3. The van der Waals surface area contributed by atoms with Gasteiger partial charge < -0.3 is 10.1 Å². The summed E-state index contributed by atoms with van der Waals surface area (Å²) in [6, 6.07) is 9.95. The highest BCUT2D eigenvalue weighted by molar-refractivity contribution is 9.10. The molecule has 7 heteroatoms. The number of hydrogen-bond acceptors (Lipinski definition) is 4. The fraction of sp³-hybridized carbons (Fsp3) is 0.478. The molecule has 0 bridgehead atoms. The average molecular weight is 475 g/mol. The molecule has 0 atom stereocenters. The summed E-state index contributed by atoms with van der Waals surface area (Å²) in [5.41, 5.74) is 3.04. The maximum atomic E-state index is 13.4. The van der Waals surface area contributed by atoms with Crippen molar-refractivity contribution in [2.75, 3.05) is 13.7 Å². The van der Waals surface area contributed by atoms with E-state index in [0.717, 1.165) is 59.3 Å². The fourth-order valence-corrected chi connectivity index (χ4v) is 4.64. The van der Waals surface area contributed by atoms with Gasteiger partial charge >= 0.3 is 5.69 Å². The van der Waals surface area contributed by atoms with Crippen molar-refractivity contribution < 1.29 is 4.74 Å². The van der Waals surface area contributed by atoms with Crippen LogP contribution in [0.2, 0.25) is 0 Å². The van der Waals surface area contributed by atoms with E-state index in [9.17, 15) is 4.79 Å². The molecule has 1 aromatic carbocycles. The molecule has 0 aliphatic rings. The molecular weight excluding hydrogens is 444 g/mol. The number of rotatable bonds is 10. The van der Waals surface area contributed by atoms with Crippen molar-refractivity contribution in [1.29, 1.82) is 0 Å². The number of nitrogens with one attached hydrogen (secondary N) is 1. The molecule has 0 saturated carbocycles. The van der Waals surface area contributed by atoms with Crippen LogP contribution in [0.1, 0.15) is 45.2 Å². The zero-order chi connectivity index (χ0) is 21.7. The lowest BCUT2D eigenvalue weighted by molar-refractivity contribution is 0.414. The molecule has 2 heterocycles. The summed E-state index contributed by atoms with van der Waals surface area (Å²) in [6.45, 7) is 7.69. The van der Waals surface area contributed by atoms with Gasteiger partial charge in [-0.15, -0.1) is 0 Å². The van der Waals surface area contributed by atoms with Crippen molar-refractivity contribution >= 4 is 27.1 Å². The highest BCUT2D eigenvalue weighted by Crippen LogP contribution is 2.25. The summed E-state index contributed by atoms with van der Waals surface area (Å²) < 4.78 is 9.64. The molecule has 0 spiro atoms. The van der Waals surface area contributed by atoms with Crippen molar-refractivity contribution in [1.82, 2.24) is 19.4 Å². The van der Waals surface area contributed by atoms with Crippen LogP contribution in [-0.2, 0) is 6.54 Å². The Morgan fingerprint density at radius 3 is 2.43 bits per heavy atom. The average Bonchev–Trinajstić information content (AvgIpc) is 3.00. The number of halogens is 1. The van der Waals surface area contributed by atoms with Crippen LogP contribution >= 0.6 is 15.9 Å². The van der Waals surface area contributed by atoms with Gasteiger partial charge in [0.05, 0.1) is 12.8 Å². The molecule has 0 saturated heterocycles. The first-order chi connectivity index (χ1) is 14.5. The van der Waals surface area contributed by atoms with E-state index in [-0.39, 0.29) is 5.69 Å². The minimum atomic E-state index is -0.0849. The number of benzene rings is 1. The summed E-state index contributed by atoms with van der Waals surface area (Å²) >= 11 is 3.66. The highest BCUT2D eigenvalue weighted by atomic mass is 79.9. The molecule has 3 aromatic rings. The van der Waals surface area contributed by atoms with Crippen molar-refractivity contribution in [2.24, 2.45) is 0 Å². The Kier molecular flexibility index (Phi) is 7.72. The molecule has 0 fully saturated rings. The van der Waals surface area contributed by atoms with Gasteiger partial charge in [0, 0.05) is 29.3 Å². The van der Waals surface area contributed by atoms with Crippen molar-refractivity contribution in [3.63, 3.8) is 0 Å². The van der Waals surface area contributed by atoms with Gasteiger partial charge in [-0.1, -0.05) is 26.7 Å². The molecule has 30 heavy (non-hydrogen) atoms. The first kappa shape index (κ1) is 22.6. The van der Waals surface area contributed by atoms with Crippen LogP contribution in [0.15, 0.2) is 39.6 Å². The van der Waals surface area contributed by atoms with Crippen LogP contribution in [0.25, 0.3) is 16.9 Å². The molecular formula is C23H31BrN4O2. The molecule has 0 aliphatic heterocycles. The quantitative estimate of drug-likeness (QED) is 0.457. The Morgan fingerprint density at radius 2 is 1.83 bits per heavy atom. The van der Waals surface area contributed by atoms with E-state index in [1.807, 2.05) is 41.8 Å². The van der Waals surface area contributed by atoms with Gasteiger partial charge in [0.2, 0.25) is 0 Å². The largest absolute Gasteiger partial charge is 0.497 e. The Morgan fingerprint density at radius 1 is 1.17 bits per heavy atom. The second-order valence-corrected chi connectivity index (χ2v) is 8.47. The van der Waals surface area contributed by atoms with E-state index in [0.29, 0.717) is 18.2 Å². The number of ether oxygens (including phenoxy) is 1. The Bertz CT molecular complexity index is 1030. The van der Waals surface area contributed by atoms with Gasteiger partial charge in [0.15, 0.2) is 5.65 Å². The first-order valence-electron chi connectivity index (χ1n) is 10.7. The summed E-state index contributed by atoms with van der Waals surface area (Å²) in [6.07, 6.45) is 4.62. The number of hydrogen-bond donors (Lipinski definition) is 1. The van der Waals surface area contributed by atoms with Crippen LogP contribution in [0.4, 0.5) is 0 Å². The monoisotopic (exact) mass is 474 g/mol. The zero-order valence-electron chi connectivity index (χ0n) is 18.2. The van der Waals surface area contributed by atoms with E-state index < -0.39 is 0 Å². The fourth-order valence-electron chi connectivity index (χ4n) is 3.92. The lowest BCUT2D eigenvalue weighted by atomic mass is 10.1. The molecule has 0 aliphatic carbocycles. The number of fused-ring (bicyclic) bond motifs is 1. The first-order valence-corrected chi connectivity index (χ1v) is 11.5. The number of aryl methyl sites for hydroxylation is 1. The van der Waals surface area contributed by atoms with Crippen molar-refractivity contribution in [3.05, 3.63) is 51.0 Å². The molecule has 0 amide bonds. The highest BCUT2D eigenvalue weighted by Gasteiger charge is 2.19. The summed E-state index contributed by atoms with van der Waals surface area (Å²) in [4.78, 5) is 18.1. The lowest BCUT2D eigenvalue weighted by Gasteiger charge is -2.17. The predicted octanol–water partition coefficient (Wildman–Crippen LogP) is 4.83. The Labute approximate surface area is 186 Å². The number of methoxy groups -OCH3 is 1. The van der Waals surface area contributed by atoms with Gasteiger partial charge in [-0.05, 0) is 66.0 Å². The van der Waals surface area contributed by atoms with E-state index in [1.165, 1.54) is 0 Å². The lowest BCUT2D eigenvalue weighted by Crippen LogP contribution is -2.34. The number of imidazole rings is 1. The topological polar surface area (TPSA) is 61.1 Å². The van der Waals surface area contributed by atoms with Crippen LogP contribution in [0.3, 0.4) is 0 Å². The van der Waals surface area contributed by atoms with E-state index in [1.54, 1.807) is 11.7 Å². The molecule has 0 radical (unpaired) electrons. The third-order valence-corrected chi connectivity index (χ3v) is 5.94. The van der Waals surface area contributed by atoms with E-state index >= 15 is 0 Å². The van der Waals surface area contributed by atoms with Crippen LogP contribution in [-0.4, -0.2) is 33.8 Å². The molecule has 0 unspecified atom stereocenters. The SMILES string of the molecule is CCCC(CCC)NCCn1c(=O)n(-c2ccc(OC)cc2)c2nc(C)cc(Br)c21. The maximum absolute atomic E-state index is 13.4. The number of pyridine rings is 1. The van der Waals surface area contributed by atoms with Gasteiger partial charge in [-0.3, -0.25) is 4.57 Å². The van der Waals surface area contributed by atoms with Crippen molar-refractivity contribution in [2.45, 2.75) is 59.0 Å².